The fraction of sp³-hybridized carbons (Fsp3) is 0.182. The van der Waals surface area contributed by atoms with E-state index in [2.05, 4.69) is 0 Å². The number of hydrogen-bond donors (Lipinski definition) is 0. The number of benzene rings is 1. The largest absolute Gasteiger partial charge is 0.495 e. The number of ether oxygens (including phenoxy) is 1. The highest BCUT2D eigenvalue weighted by atomic mass is 35.5. The lowest BCUT2D eigenvalue weighted by Crippen LogP contribution is -1.84. The highest BCUT2D eigenvalue weighted by molar-refractivity contribution is 6.32. The lowest BCUT2D eigenvalue weighted by molar-refractivity contribution is 0.415. The predicted octanol–water partition coefficient (Wildman–Crippen LogP) is 2.56. The van der Waals surface area contributed by atoms with Gasteiger partial charge in [0.2, 0.25) is 0 Å². The first-order chi connectivity index (χ1) is 6.65. The van der Waals surface area contributed by atoms with Gasteiger partial charge in [0.1, 0.15) is 5.75 Å². The van der Waals surface area contributed by atoms with E-state index < -0.39 is 0 Å². The van der Waals surface area contributed by atoms with Crippen molar-refractivity contribution in [2.24, 2.45) is 0 Å². The summed E-state index contributed by atoms with van der Waals surface area (Å²) in [6, 6.07) is 5.36. The van der Waals surface area contributed by atoms with Crippen molar-refractivity contribution in [2.75, 3.05) is 7.11 Å². The van der Waals surface area contributed by atoms with Crippen LogP contribution in [0, 0.1) is 6.92 Å². The molecule has 3 heteroatoms. The van der Waals surface area contributed by atoms with Gasteiger partial charge < -0.3 is 4.74 Å². The van der Waals surface area contributed by atoms with Crippen molar-refractivity contribution in [1.82, 2.24) is 0 Å². The molecule has 14 heavy (non-hydrogen) atoms. The molecule has 0 aliphatic heterocycles. The molecule has 0 bridgehead atoms. The van der Waals surface area contributed by atoms with E-state index in [-0.39, 0.29) is 5.43 Å². The van der Waals surface area contributed by atoms with Crippen LogP contribution in [0.2, 0.25) is 5.02 Å². The van der Waals surface area contributed by atoms with Crippen LogP contribution in [0.5, 0.6) is 5.75 Å². The van der Waals surface area contributed by atoms with Crippen molar-refractivity contribution in [3.63, 3.8) is 0 Å². The summed E-state index contributed by atoms with van der Waals surface area (Å²) in [5.74, 6) is 0.627. The Hall–Kier alpha value is -1.28. The molecule has 2 nitrogen and oxygen atoms in total. The quantitative estimate of drug-likeness (QED) is 0.758. The molecule has 0 saturated carbocycles. The second-order valence-corrected chi connectivity index (χ2v) is 3.59. The van der Waals surface area contributed by atoms with Crippen LogP contribution in [-0.2, 0) is 0 Å². The van der Waals surface area contributed by atoms with Crippen molar-refractivity contribution >= 4 is 11.6 Å². The molecule has 2 aromatic carbocycles. The van der Waals surface area contributed by atoms with Gasteiger partial charge in [-0.15, -0.1) is 0 Å². The van der Waals surface area contributed by atoms with Gasteiger partial charge in [-0.25, -0.2) is 0 Å². The topological polar surface area (TPSA) is 26.3 Å². The molecular formula is C11H9ClO2. The molecule has 0 heterocycles. The lowest BCUT2D eigenvalue weighted by Gasteiger charge is -2.02. The second kappa shape index (κ2) is 3.14. The third-order valence-electron chi connectivity index (χ3n) is 2.32. The minimum absolute atomic E-state index is 0.131. The zero-order valence-corrected chi connectivity index (χ0v) is 8.68. The lowest BCUT2D eigenvalue weighted by atomic mass is 10.1. The maximum Gasteiger partial charge on any atom is 0.190 e. The fourth-order valence-electron chi connectivity index (χ4n) is 1.43. The second-order valence-electron chi connectivity index (χ2n) is 3.18. The Morgan fingerprint density at radius 3 is 2.43 bits per heavy atom. The van der Waals surface area contributed by atoms with Crippen LogP contribution in [-0.4, -0.2) is 7.11 Å². The fourth-order valence-corrected chi connectivity index (χ4v) is 1.69. The van der Waals surface area contributed by atoms with Crippen LogP contribution in [0.15, 0.2) is 23.0 Å². The van der Waals surface area contributed by atoms with E-state index in [0.29, 0.717) is 10.8 Å². The monoisotopic (exact) mass is 208 g/mol. The molecule has 0 aliphatic carbocycles. The predicted molar refractivity (Wildman–Crippen MR) is 56.8 cm³/mol. The molecular weight excluding hydrogens is 200 g/mol. The third kappa shape index (κ3) is 1.32. The van der Waals surface area contributed by atoms with Gasteiger partial charge >= 0.3 is 0 Å². The molecule has 2 rings (SSSR count). The minimum Gasteiger partial charge on any atom is -0.495 e. The van der Waals surface area contributed by atoms with E-state index in [9.17, 15) is 4.79 Å². The summed E-state index contributed by atoms with van der Waals surface area (Å²) >= 11 is 5.94. The number of halogens is 1. The average molecular weight is 209 g/mol. The van der Waals surface area contributed by atoms with Gasteiger partial charge in [0, 0.05) is 11.1 Å². The summed E-state index contributed by atoms with van der Waals surface area (Å²) in [7, 11) is 1.56. The maximum absolute atomic E-state index is 11.1. The Morgan fingerprint density at radius 2 is 2.00 bits per heavy atom. The number of rotatable bonds is 2. The van der Waals surface area contributed by atoms with E-state index in [1.165, 1.54) is 0 Å². The third-order valence-corrected chi connectivity index (χ3v) is 2.62. The van der Waals surface area contributed by atoms with Crippen molar-refractivity contribution in [3.05, 3.63) is 39.0 Å². The molecule has 0 aliphatic rings. The summed E-state index contributed by atoms with van der Waals surface area (Å²) in [4.78, 5) is 11.1. The highest BCUT2D eigenvalue weighted by Crippen LogP contribution is 2.31. The average Bonchev–Trinajstić information content (AvgIpc) is 2.75. The van der Waals surface area contributed by atoms with Crippen LogP contribution in [0.4, 0.5) is 0 Å². The van der Waals surface area contributed by atoms with Crippen LogP contribution < -0.4 is 10.2 Å². The van der Waals surface area contributed by atoms with Gasteiger partial charge in [0.05, 0.1) is 12.1 Å². The first-order valence-electron chi connectivity index (χ1n) is 4.24. The van der Waals surface area contributed by atoms with Crippen LogP contribution in [0.3, 0.4) is 0 Å². The van der Waals surface area contributed by atoms with Gasteiger partial charge in [-0.1, -0.05) is 17.7 Å². The van der Waals surface area contributed by atoms with Crippen LogP contribution in [0.25, 0.3) is 11.1 Å². The molecule has 0 radical (unpaired) electrons. The van der Waals surface area contributed by atoms with Crippen molar-refractivity contribution in [1.29, 1.82) is 0 Å². The van der Waals surface area contributed by atoms with E-state index >= 15 is 0 Å². The van der Waals surface area contributed by atoms with Crippen LogP contribution >= 0.6 is 11.6 Å². The van der Waals surface area contributed by atoms with Crippen LogP contribution in [0.1, 0.15) is 5.56 Å². The molecule has 0 spiro atoms. The maximum atomic E-state index is 11.1. The highest BCUT2D eigenvalue weighted by Gasteiger charge is 2.19. The molecule has 72 valence electrons. The Bertz CT molecular complexity index is 493. The number of methoxy groups -OCH3 is 1. The molecule has 0 saturated heterocycles. The van der Waals surface area contributed by atoms with E-state index in [0.717, 1.165) is 16.7 Å². The van der Waals surface area contributed by atoms with Crippen molar-refractivity contribution < 1.29 is 4.74 Å². The summed E-state index contributed by atoms with van der Waals surface area (Å²) in [5, 5.41) is 0.532. The summed E-state index contributed by atoms with van der Waals surface area (Å²) in [6.07, 6.45) is 0. The Kier molecular flexibility index (Phi) is 2.08. The smallest absolute Gasteiger partial charge is 0.190 e. The molecule has 0 atom stereocenters. The first kappa shape index (κ1) is 9.28. The molecule has 0 fully saturated rings. The minimum atomic E-state index is 0.131. The standard InChI is InChI=1S/C11H9ClO2/c1-6-10(11(6)13)7-3-4-9(14-2)8(12)5-7/h3-5H,1-2H3. The first-order valence-corrected chi connectivity index (χ1v) is 4.62. The van der Waals surface area contributed by atoms with Crippen molar-refractivity contribution in [3.8, 4) is 16.9 Å². The molecule has 0 amide bonds. The van der Waals surface area contributed by atoms with Gasteiger partial charge in [-0.05, 0) is 24.6 Å². The van der Waals surface area contributed by atoms with Gasteiger partial charge in [-0.2, -0.15) is 0 Å². The Morgan fingerprint density at radius 1 is 1.36 bits per heavy atom. The Labute approximate surface area is 86.8 Å². The molecule has 2 aromatic rings. The van der Waals surface area contributed by atoms with Gasteiger partial charge in [-0.3, -0.25) is 4.79 Å². The summed E-state index contributed by atoms with van der Waals surface area (Å²) in [5.41, 5.74) is 2.62. The molecule has 0 unspecified atom stereocenters. The normalized spacial score (nSPS) is 10.8. The van der Waals surface area contributed by atoms with E-state index in [1.807, 2.05) is 13.0 Å². The molecule has 0 N–H and O–H groups in total. The SMILES string of the molecule is COc1ccc(-c2c(C)c2=O)cc1Cl. The van der Waals surface area contributed by atoms with Crippen molar-refractivity contribution in [2.45, 2.75) is 6.92 Å². The zero-order chi connectivity index (χ0) is 10.3. The van der Waals surface area contributed by atoms with Gasteiger partial charge in [0.25, 0.3) is 0 Å². The summed E-state index contributed by atoms with van der Waals surface area (Å²) < 4.78 is 5.02. The molecule has 0 aromatic heterocycles. The van der Waals surface area contributed by atoms with E-state index in [1.54, 1.807) is 19.2 Å². The summed E-state index contributed by atoms with van der Waals surface area (Å²) in [6.45, 7) is 1.82. The zero-order valence-electron chi connectivity index (χ0n) is 7.93. The Balaban J connectivity index is 2.44. The van der Waals surface area contributed by atoms with Gasteiger partial charge in [0.15, 0.2) is 5.43 Å². The van der Waals surface area contributed by atoms with E-state index in [4.69, 9.17) is 16.3 Å². The number of hydrogen-bond acceptors (Lipinski definition) is 2.